The topological polar surface area (TPSA) is 69.0 Å². The van der Waals surface area contributed by atoms with Crippen LogP contribution in [-0.2, 0) is 11.3 Å². The molecule has 0 aliphatic rings. The molecule has 1 amide bonds. The molecule has 3 aromatic rings. The van der Waals surface area contributed by atoms with Crippen molar-refractivity contribution >= 4 is 23.2 Å². The number of carbonyl (C=O) groups is 1. The average Bonchev–Trinajstić information content (AvgIpc) is 3.03. The van der Waals surface area contributed by atoms with Crippen LogP contribution in [0, 0.1) is 0 Å². The van der Waals surface area contributed by atoms with Gasteiger partial charge in [-0.3, -0.25) is 4.79 Å². The average molecular weight is 343 g/mol. The van der Waals surface area contributed by atoms with E-state index in [9.17, 15) is 4.79 Å². The number of carbonyl (C=O) groups excluding carboxylic acids is 1. The number of amides is 1. The number of benzene rings is 2. The minimum atomic E-state index is -0.220. The maximum Gasteiger partial charge on any atom is 0.246 e. The lowest BCUT2D eigenvalue weighted by molar-refractivity contribution is -0.116. The first-order valence-electron chi connectivity index (χ1n) is 7.24. The first kappa shape index (κ1) is 16.0. The van der Waals surface area contributed by atoms with Crippen LogP contribution in [0.3, 0.4) is 0 Å². The number of ether oxygens (including phenoxy) is 1. The Labute approximate surface area is 144 Å². The molecule has 122 valence electrons. The SMILES string of the molecule is COc1cccc(NC(=O)Cn2ncnc2-c2ccccc2Cl)c1. The predicted octanol–water partition coefficient (Wildman–Crippen LogP) is 3.25. The molecular weight excluding hydrogens is 328 g/mol. The van der Waals surface area contributed by atoms with Crippen molar-refractivity contribution in [1.82, 2.24) is 14.8 Å². The van der Waals surface area contributed by atoms with Gasteiger partial charge in [-0.05, 0) is 24.3 Å². The standard InChI is InChI=1S/C17H15ClN4O2/c1-24-13-6-4-5-12(9-13)21-16(23)10-22-17(19-11-20-22)14-7-2-3-8-15(14)18/h2-9,11H,10H2,1H3,(H,21,23). The molecule has 0 aliphatic heterocycles. The molecule has 2 aromatic carbocycles. The monoisotopic (exact) mass is 342 g/mol. The van der Waals surface area contributed by atoms with Crippen molar-refractivity contribution in [1.29, 1.82) is 0 Å². The molecule has 0 bridgehead atoms. The van der Waals surface area contributed by atoms with E-state index in [1.54, 1.807) is 31.4 Å². The van der Waals surface area contributed by atoms with Crippen LogP contribution in [0.2, 0.25) is 5.02 Å². The number of halogens is 1. The highest BCUT2D eigenvalue weighted by Crippen LogP contribution is 2.25. The quantitative estimate of drug-likeness (QED) is 0.772. The minimum absolute atomic E-state index is 0.0256. The molecule has 7 heteroatoms. The molecule has 0 saturated heterocycles. The maximum atomic E-state index is 12.3. The van der Waals surface area contributed by atoms with E-state index in [0.717, 1.165) is 5.56 Å². The van der Waals surface area contributed by atoms with Crippen LogP contribution in [-0.4, -0.2) is 27.8 Å². The number of nitrogens with zero attached hydrogens (tertiary/aromatic N) is 3. The summed E-state index contributed by atoms with van der Waals surface area (Å²) in [7, 11) is 1.58. The summed E-state index contributed by atoms with van der Waals surface area (Å²) in [6.07, 6.45) is 1.40. The van der Waals surface area contributed by atoms with Crippen LogP contribution >= 0.6 is 11.6 Å². The summed E-state index contributed by atoms with van der Waals surface area (Å²) in [5.74, 6) is 0.994. The summed E-state index contributed by atoms with van der Waals surface area (Å²) >= 11 is 6.19. The summed E-state index contributed by atoms with van der Waals surface area (Å²) in [6, 6.07) is 14.4. The second-order valence-corrected chi connectivity index (χ2v) is 5.41. The fourth-order valence-corrected chi connectivity index (χ4v) is 2.49. The fourth-order valence-electron chi connectivity index (χ4n) is 2.27. The van der Waals surface area contributed by atoms with Crippen LogP contribution in [0.15, 0.2) is 54.9 Å². The zero-order valence-electron chi connectivity index (χ0n) is 12.9. The summed E-state index contributed by atoms with van der Waals surface area (Å²) in [4.78, 5) is 16.5. The van der Waals surface area contributed by atoms with E-state index in [1.165, 1.54) is 11.0 Å². The molecule has 0 atom stereocenters. The van der Waals surface area contributed by atoms with Crippen molar-refractivity contribution in [3.05, 3.63) is 59.9 Å². The molecule has 0 spiro atoms. The van der Waals surface area contributed by atoms with E-state index < -0.39 is 0 Å². The third kappa shape index (κ3) is 3.55. The zero-order chi connectivity index (χ0) is 16.9. The molecule has 0 fully saturated rings. The van der Waals surface area contributed by atoms with Crippen molar-refractivity contribution in [3.63, 3.8) is 0 Å². The summed E-state index contributed by atoms with van der Waals surface area (Å²) in [6.45, 7) is 0.0256. The number of nitrogens with one attached hydrogen (secondary N) is 1. The number of hydrogen-bond acceptors (Lipinski definition) is 4. The van der Waals surface area contributed by atoms with Crippen molar-refractivity contribution in [2.24, 2.45) is 0 Å². The second kappa shape index (κ2) is 7.14. The van der Waals surface area contributed by atoms with Crippen molar-refractivity contribution in [2.75, 3.05) is 12.4 Å². The van der Waals surface area contributed by atoms with Crippen LogP contribution < -0.4 is 10.1 Å². The third-order valence-corrected chi connectivity index (χ3v) is 3.71. The van der Waals surface area contributed by atoms with Crippen molar-refractivity contribution < 1.29 is 9.53 Å². The Bertz CT molecular complexity index is 863. The molecular formula is C17H15ClN4O2. The van der Waals surface area contributed by atoms with E-state index in [2.05, 4.69) is 15.4 Å². The Morgan fingerprint density at radius 2 is 2.08 bits per heavy atom. The minimum Gasteiger partial charge on any atom is -0.497 e. The molecule has 0 aliphatic carbocycles. The number of methoxy groups -OCH3 is 1. The third-order valence-electron chi connectivity index (χ3n) is 3.38. The Morgan fingerprint density at radius 3 is 2.88 bits per heavy atom. The van der Waals surface area contributed by atoms with Gasteiger partial charge in [0.1, 0.15) is 18.6 Å². The van der Waals surface area contributed by atoms with Crippen molar-refractivity contribution in [3.8, 4) is 17.1 Å². The number of rotatable bonds is 5. The number of anilines is 1. The molecule has 0 radical (unpaired) electrons. The normalized spacial score (nSPS) is 10.4. The Balaban J connectivity index is 1.76. The predicted molar refractivity (Wildman–Crippen MR) is 92.1 cm³/mol. The van der Waals surface area contributed by atoms with Gasteiger partial charge in [-0.25, -0.2) is 9.67 Å². The number of hydrogen-bond donors (Lipinski definition) is 1. The Morgan fingerprint density at radius 1 is 1.25 bits per heavy atom. The van der Waals surface area contributed by atoms with Gasteiger partial charge >= 0.3 is 0 Å². The van der Waals surface area contributed by atoms with Crippen LogP contribution in [0.25, 0.3) is 11.4 Å². The highest BCUT2D eigenvalue weighted by Gasteiger charge is 2.13. The van der Waals surface area contributed by atoms with Gasteiger partial charge in [0.2, 0.25) is 5.91 Å². The van der Waals surface area contributed by atoms with Gasteiger partial charge in [0, 0.05) is 17.3 Å². The molecule has 3 rings (SSSR count). The maximum absolute atomic E-state index is 12.3. The van der Waals surface area contributed by atoms with Gasteiger partial charge in [-0.15, -0.1) is 0 Å². The van der Waals surface area contributed by atoms with Gasteiger partial charge in [0.05, 0.1) is 12.1 Å². The molecule has 0 saturated carbocycles. The van der Waals surface area contributed by atoms with Gasteiger partial charge in [0.15, 0.2) is 5.82 Å². The zero-order valence-corrected chi connectivity index (χ0v) is 13.7. The molecule has 24 heavy (non-hydrogen) atoms. The van der Waals surface area contributed by atoms with E-state index in [1.807, 2.05) is 24.3 Å². The Hall–Kier alpha value is -2.86. The van der Waals surface area contributed by atoms with Crippen LogP contribution in [0.5, 0.6) is 5.75 Å². The van der Waals surface area contributed by atoms with E-state index >= 15 is 0 Å². The number of aromatic nitrogens is 3. The summed E-state index contributed by atoms with van der Waals surface area (Å²) in [5, 5.41) is 7.47. The van der Waals surface area contributed by atoms with E-state index in [4.69, 9.17) is 16.3 Å². The molecule has 1 aromatic heterocycles. The smallest absolute Gasteiger partial charge is 0.246 e. The van der Waals surface area contributed by atoms with Gasteiger partial charge in [-0.1, -0.05) is 29.8 Å². The lowest BCUT2D eigenvalue weighted by Crippen LogP contribution is -2.20. The van der Waals surface area contributed by atoms with Gasteiger partial charge in [-0.2, -0.15) is 5.10 Å². The lowest BCUT2D eigenvalue weighted by Gasteiger charge is -2.09. The first-order chi connectivity index (χ1) is 11.7. The summed E-state index contributed by atoms with van der Waals surface area (Å²) in [5.41, 5.74) is 1.38. The largest absolute Gasteiger partial charge is 0.497 e. The lowest BCUT2D eigenvalue weighted by atomic mass is 10.2. The fraction of sp³-hybridized carbons (Fsp3) is 0.118. The first-order valence-corrected chi connectivity index (χ1v) is 7.62. The van der Waals surface area contributed by atoms with Gasteiger partial charge in [0.25, 0.3) is 0 Å². The Kier molecular flexibility index (Phi) is 4.77. The molecule has 6 nitrogen and oxygen atoms in total. The second-order valence-electron chi connectivity index (χ2n) is 5.00. The molecule has 1 N–H and O–H groups in total. The van der Waals surface area contributed by atoms with Crippen LogP contribution in [0.1, 0.15) is 0 Å². The molecule has 1 heterocycles. The van der Waals surface area contributed by atoms with E-state index in [-0.39, 0.29) is 12.5 Å². The van der Waals surface area contributed by atoms with Crippen LogP contribution in [0.4, 0.5) is 5.69 Å². The summed E-state index contributed by atoms with van der Waals surface area (Å²) < 4.78 is 6.65. The highest BCUT2D eigenvalue weighted by molar-refractivity contribution is 6.33. The van der Waals surface area contributed by atoms with Gasteiger partial charge < -0.3 is 10.1 Å². The van der Waals surface area contributed by atoms with E-state index in [0.29, 0.717) is 22.3 Å². The molecule has 0 unspecified atom stereocenters. The van der Waals surface area contributed by atoms with Crippen molar-refractivity contribution in [2.45, 2.75) is 6.54 Å². The highest BCUT2D eigenvalue weighted by atomic mass is 35.5.